The van der Waals surface area contributed by atoms with E-state index in [2.05, 4.69) is 19.9 Å². The predicted molar refractivity (Wildman–Crippen MR) is 91.4 cm³/mol. The van der Waals surface area contributed by atoms with Gasteiger partial charge in [-0.25, -0.2) is 14.8 Å². The molecule has 25 heavy (non-hydrogen) atoms. The van der Waals surface area contributed by atoms with Crippen molar-refractivity contribution in [3.63, 3.8) is 0 Å². The molecule has 126 valence electrons. The Kier molecular flexibility index (Phi) is 3.12. The number of nitrogens with one attached hydrogen (secondary N) is 1. The number of rotatable bonds is 1. The van der Waals surface area contributed by atoms with E-state index in [-0.39, 0.29) is 17.2 Å². The summed E-state index contributed by atoms with van der Waals surface area (Å²) in [6.45, 7) is 0. The van der Waals surface area contributed by atoms with Crippen molar-refractivity contribution in [3.05, 3.63) is 52.7 Å². The molecule has 1 aliphatic heterocycles. The van der Waals surface area contributed by atoms with Gasteiger partial charge in [0, 0.05) is 11.5 Å². The zero-order valence-corrected chi connectivity index (χ0v) is 14.1. The molecule has 1 spiro atoms. The molecule has 7 heteroatoms. The van der Waals surface area contributed by atoms with Gasteiger partial charge in [0.1, 0.15) is 16.9 Å². The first-order valence-corrected chi connectivity index (χ1v) is 8.73. The number of benzene rings is 1. The zero-order chi connectivity index (χ0) is 17.0. The Morgan fingerprint density at radius 1 is 1.20 bits per heavy atom. The van der Waals surface area contributed by atoms with Crippen LogP contribution in [-0.2, 0) is 10.3 Å². The van der Waals surface area contributed by atoms with E-state index in [1.165, 1.54) is 0 Å². The van der Waals surface area contributed by atoms with Crippen LogP contribution in [0, 0.1) is 0 Å². The smallest absolute Gasteiger partial charge is 0.339 e. The minimum atomic E-state index is -0.473. The molecule has 3 aromatic rings. The molecule has 0 amide bonds. The lowest BCUT2D eigenvalue weighted by Gasteiger charge is -2.35. The standard InChI is InChI=1S/C18H15ClN4O2/c19-17-20-9-13-15(23-17)22-14(21-13)10-5-7-18(8-6-10)12-4-2-1-3-11(12)16(24)25-18/h1-4,9-10H,5-8H2,(H,20,21,22,23). The van der Waals surface area contributed by atoms with Gasteiger partial charge in [-0.1, -0.05) is 18.2 Å². The highest BCUT2D eigenvalue weighted by Gasteiger charge is 2.47. The van der Waals surface area contributed by atoms with Crippen molar-refractivity contribution in [2.45, 2.75) is 37.2 Å². The highest BCUT2D eigenvalue weighted by Crippen LogP contribution is 2.49. The van der Waals surface area contributed by atoms with Gasteiger partial charge in [0.05, 0.1) is 11.8 Å². The second kappa shape index (κ2) is 5.26. The quantitative estimate of drug-likeness (QED) is 0.532. The van der Waals surface area contributed by atoms with Gasteiger partial charge in [-0.3, -0.25) is 0 Å². The third-order valence-corrected chi connectivity index (χ3v) is 5.52. The van der Waals surface area contributed by atoms with Gasteiger partial charge < -0.3 is 9.72 Å². The summed E-state index contributed by atoms with van der Waals surface area (Å²) in [6, 6.07) is 7.71. The van der Waals surface area contributed by atoms with Crippen LogP contribution in [0.1, 0.15) is 53.3 Å². The lowest BCUT2D eigenvalue weighted by atomic mass is 9.75. The van der Waals surface area contributed by atoms with Crippen molar-refractivity contribution in [3.8, 4) is 0 Å². The molecular weight excluding hydrogens is 340 g/mol. The van der Waals surface area contributed by atoms with Crippen LogP contribution in [0.15, 0.2) is 30.5 Å². The molecule has 1 N–H and O–H groups in total. The van der Waals surface area contributed by atoms with Crippen molar-refractivity contribution in [2.75, 3.05) is 0 Å². The molecule has 0 unspecified atom stereocenters. The number of fused-ring (bicyclic) bond motifs is 3. The molecule has 6 nitrogen and oxygen atoms in total. The summed E-state index contributed by atoms with van der Waals surface area (Å²) >= 11 is 5.83. The van der Waals surface area contributed by atoms with Crippen LogP contribution in [0.4, 0.5) is 0 Å². The Hall–Kier alpha value is -2.47. The van der Waals surface area contributed by atoms with Crippen LogP contribution < -0.4 is 0 Å². The molecule has 1 saturated carbocycles. The van der Waals surface area contributed by atoms with Crippen LogP contribution in [0.25, 0.3) is 11.2 Å². The summed E-state index contributed by atoms with van der Waals surface area (Å²) in [6.07, 6.45) is 5.03. The van der Waals surface area contributed by atoms with Crippen molar-refractivity contribution in [1.29, 1.82) is 0 Å². The van der Waals surface area contributed by atoms with Crippen molar-refractivity contribution in [2.24, 2.45) is 0 Å². The number of carbonyl (C=O) groups excluding carboxylic acids is 1. The van der Waals surface area contributed by atoms with Crippen LogP contribution in [0.5, 0.6) is 0 Å². The number of aromatic nitrogens is 4. The predicted octanol–water partition coefficient (Wildman–Crippen LogP) is 3.73. The van der Waals surface area contributed by atoms with E-state index in [0.717, 1.165) is 42.6 Å². The molecule has 0 radical (unpaired) electrons. The van der Waals surface area contributed by atoms with Crippen LogP contribution in [0.3, 0.4) is 0 Å². The second-order valence-electron chi connectivity index (χ2n) is 6.70. The monoisotopic (exact) mass is 354 g/mol. The average molecular weight is 355 g/mol. The van der Waals surface area contributed by atoms with E-state index in [0.29, 0.717) is 11.2 Å². The molecule has 0 bridgehead atoms. The summed E-state index contributed by atoms with van der Waals surface area (Å²) in [5.41, 5.74) is 2.64. The number of imidazole rings is 1. The summed E-state index contributed by atoms with van der Waals surface area (Å²) in [4.78, 5) is 28.2. The third kappa shape index (κ3) is 2.24. The van der Waals surface area contributed by atoms with E-state index in [9.17, 15) is 4.79 Å². The normalized spacial score (nSPS) is 25.3. The number of halogens is 1. The van der Waals surface area contributed by atoms with Crippen LogP contribution >= 0.6 is 11.6 Å². The molecular formula is C18H15ClN4O2. The van der Waals surface area contributed by atoms with Gasteiger partial charge in [0.15, 0.2) is 5.65 Å². The zero-order valence-electron chi connectivity index (χ0n) is 13.3. The van der Waals surface area contributed by atoms with E-state index in [1.807, 2.05) is 24.3 Å². The Labute approximate surface area is 148 Å². The van der Waals surface area contributed by atoms with E-state index >= 15 is 0 Å². The van der Waals surface area contributed by atoms with Gasteiger partial charge in [-0.2, -0.15) is 4.98 Å². The summed E-state index contributed by atoms with van der Waals surface area (Å²) in [5.74, 6) is 0.979. The molecule has 3 heterocycles. The molecule has 1 aliphatic carbocycles. The second-order valence-corrected chi connectivity index (χ2v) is 7.04. The molecule has 0 saturated heterocycles. The molecule has 0 atom stereocenters. The fraction of sp³-hybridized carbons (Fsp3) is 0.333. The number of aromatic amines is 1. The summed E-state index contributed by atoms with van der Waals surface area (Å²) in [5, 5.41) is 0.197. The number of nitrogens with zero attached hydrogens (tertiary/aromatic N) is 3. The third-order valence-electron chi connectivity index (χ3n) is 5.33. The number of hydrogen-bond acceptors (Lipinski definition) is 5. The van der Waals surface area contributed by atoms with Crippen molar-refractivity contribution >= 4 is 28.7 Å². The van der Waals surface area contributed by atoms with Gasteiger partial charge in [0.2, 0.25) is 5.28 Å². The Balaban J connectivity index is 1.42. The van der Waals surface area contributed by atoms with Gasteiger partial charge >= 0.3 is 5.97 Å². The highest BCUT2D eigenvalue weighted by atomic mass is 35.5. The summed E-state index contributed by atoms with van der Waals surface area (Å²) < 4.78 is 5.81. The first-order valence-electron chi connectivity index (χ1n) is 8.36. The fourth-order valence-corrected chi connectivity index (χ4v) is 4.20. The van der Waals surface area contributed by atoms with E-state index in [4.69, 9.17) is 16.3 Å². The molecule has 2 aromatic heterocycles. The first-order chi connectivity index (χ1) is 12.1. The van der Waals surface area contributed by atoms with Gasteiger partial charge in [-0.15, -0.1) is 0 Å². The van der Waals surface area contributed by atoms with E-state index in [1.54, 1.807) is 6.20 Å². The maximum atomic E-state index is 12.2. The minimum Gasteiger partial charge on any atom is -0.451 e. The first kappa shape index (κ1) is 14.8. The Morgan fingerprint density at radius 2 is 2.00 bits per heavy atom. The number of hydrogen-bond donors (Lipinski definition) is 1. The fourth-order valence-electron chi connectivity index (χ4n) is 4.07. The van der Waals surface area contributed by atoms with Gasteiger partial charge in [-0.05, 0) is 43.4 Å². The number of H-pyrrole nitrogens is 1. The van der Waals surface area contributed by atoms with Crippen molar-refractivity contribution < 1.29 is 9.53 Å². The number of ether oxygens (including phenoxy) is 1. The molecule has 2 aliphatic rings. The number of carbonyl (C=O) groups is 1. The maximum absolute atomic E-state index is 12.2. The molecule has 1 fully saturated rings. The Morgan fingerprint density at radius 3 is 2.84 bits per heavy atom. The SMILES string of the molecule is O=C1OC2(CCC(c3nc4nc(Cl)ncc4[nH]3)CC2)c2ccccc21. The van der Waals surface area contributed by atoms with Crippen LogP contribution in [-0.4, -0.2) is 25.9 Å². The topological polar surface area (TPSA) is 80.8 Å². The van der Waals surface area contributed by atoms with Crippen LogP contribution in [0.2, 0.25) is 5.28 Å². The largest absolute Gasteiger partial charge is 0.451 e. The average Bonchev–Trinajstić information content (AvgIpc) is 3.16. The lowest BCUT2D eigenvalue weighted by molar-refractivity contribution is -0.0312. The molecule has 5 rings (SSSR count). The Bertz CT molecular complexity index is 992. The highest BCUT2D eigenvalue weighted by molar-refractivity contribution is 6.28. The maximum Gasteiger partial charge on any atom is 0.339 e. The van der Waals surface area contributed by atoms with E-state index < -0.39 is 5.60 Å². The minimum absolute atomic E-state index is 0.197. The lowest BCUT2D eigenvalue weighted by Crippen LogP contribution is -2.31. The number of esters is 1. The molecule has 1 aromatic carbocycles. The van der Waals surface area contributed by atoms with Crippen molar-refractivity contribution in [1.82, 2.24) is 19.9 Å². The van der Waals surface area contributed by atoms with Gasteiger partial charge in [0.25, 0.3) is 0 Å². The summed E-state index contributed by atoms with van der Waals surface area (Å²) in [7, 11) is 0.